The number of hydrogen-bond donors (Lipinski definition) is 1. The first-order valence-electron chi connectivity index (χ1n) is 6.02. The lowest BCUT2D eigenvalue weighted by Gasteiger charge is -2.15. The van der Waals surface area contributed by atoms with Crippen LogP contribution >= 0.6 is 12.2 Å². The van der Waals surface area contributed by atoms with Crippen LogP contribution in [0.25, 0.3) is 0 Å². The van der Waals surface area contributed by atoms with Gasteiger partial charge in [-0.3, -0.25) is 0 Å². The van der Waals surface area contributed by atoms with Crippen molar-refractivity contribution in [3.05, 3.63) is 24.3 Å². The Hall–Kier alpha value is -1.14. The SMILES string of the molecule is CS(=O)(=O)c1cccc(OCC2(CC(N)=S)CC2)c1. The van der Waals surface area contributed by atoms with Crippen LogP contribution in [0.5, 0.6) is 5.75 Å². The van der Waals surface area contributed by atoms with E-state index in [2.05, 4.69) is 0 Å². The average molecular weight is 299 g/mol. The van der Waals surface area contributed by atoms with Gasteiger partial charge in [0.05, 0.1) is 16.5 Å². The highest BCUT2D eigenvalue weighted by molar-refractivity contribution is 7.90. The topological polar surface area (TPSA) is 69.4 Å². The highest BCUT2D eigenvalue weighted by Crippen LogP contribution is 2.49. The fourth-order valence-corrected chi connectivity index (χ4v) is 2.91. The Morgan fingerprint density at radius 2 is 2.16 bits per heavy atom. The van der Waals surface area contributed by atoms with Crippen molar-refractivity contribution in [3.8, 4) is 5.75 Å². The molecule has 0 amide bonds. The minimum Gasteiger partial charge on any atom is -0.493 e. The number of nitrogens with two attached hydrogens (primary N) is 1. The molecule has 6 heteroatoms. The van der Waals surface area contributed by atoms with Gasteiger partial charge in [-0.15, -0.1) is 0 Å². The van der Waals surface area contributed by atoms with E-state index < -0.39 is 9.84 Å². The van der Waals surface area contributed by atoms with Crippen molar-refractivity contribution in [2.75, 3.05) is 12.9 Å². The Balaban J connectivity index is 2.03. The van der Waals surface area contributed by atoms with Gasteiger partial charge >= 0.3 is 0 Å². The Labute approximate surface area is 118 Å². The van der Waals surface area contributed by atoms with Crippen LogP contribution in [0.1, 0.15) is 19.3 Å². The smallest absolute Gasteiger partial charge is 0.175 e. The van der Waals surface area contributed by atoms with Gasteiger partial charge in [0, 0.05) is 18.1 Å². The lowest BCUT2D eigenvalue weighted by Crippen LogP contribution is -2.21. The number of sulfone groups is 1. The normalized spacial score (nSPS) is 16.9. The third kappa shape index (κ3) is 3.91. The maximum Gasteiger partial charge on any atom is 0.175 e. The van der Waals surface area contributed by atoms with E-state index in [1.165, 1.54) is 6.26 Å². The van der Waals surface area contributed by atoms with E-state index in [1.807, 2.05) is 0 Å². The molecule has 104 valence electrons. The maximum atomic E-state index is 11.5. The van der Waals surface area contributed by atoms with Gasteiger partial charge in [0.2, 0.25) is 0 Å². The standard InChI is InChI=1S/C13H17NO3S2/c1-19(15,16)11-4-2-3-10(7-11)17-9-13(5-6-13)8-12(14)18/h2-4,7H,5-6,8-9H2,1H3,(H2,14,18). The molecule has 19 heavy (non-hydrogen) atoms. The molecule has 0 heterocycles. The van der Waals surface area contributed by atoms with E-state index in [0.717, 1.165) is 12.8 Å². The minimum absolute atomic E-state index is 0.0624. The van der Waals surface area contributed by atoms with Gasteiger partial charge in [-0.25, -0.2) is 8.42 Å². The summed E-state index contributed by atoms with van der Waals surface area (Å²) in [6, 6.07) is 6.54. The highest BCUT2D eigenvalue weighted by atomic mass is 32.2. The molecule has 0 unspecified atom stereocenters. The van der Waals surface area contributed by atoms with Gasteiger partial charge in [-0.1, -0.05) is 18.3 Å². The van der Waals surface area contributed by atoms with Gasteiger partial charge in [-0.05, 0) is 31.0 Å². The number of ether oxygens (including phenoxy) is 1. The average Bonchev–Trinajstić information content (AvgIpc) is 3.05. The molecule has 2 N–H and O–H groups in total. The first-order valence-corrected chi connectivity index (χ1v) is 8.32. The maximum absolute atomic E-state index is 11.5. The zero-order valence-corrected chi connectivity index (χ0v) is 12.4. The van der Waals surface area contributed by atoms with Gasteiger partial charge < -0.3 is 10.5 Å². The van der Waals surface area contributed by atoms with Crippen LogP contribution in [0.4, 0.5) is 0 Å². The predicted molar refractivity (Wildman–Crippen MR) is 78.1 cm³/mol. The van der Waals surface area contributed by atoms with E-state index in [1.54, 1.807) is 24.3 Å². The zero-order chi connectivity index (χ0) is 14.1. The lowest BCUT2D eigenvalue weighted by molar-refractivity contribution is 0.238. The summed E-state index contributed by atoms with van der Waals surface area (Å²) >= 11 is 4.93. The number of benzene rings is 1. The largest absolute Gasteiger partial charge is 0.493 e. The van der Waals surface area contributed by atoms with Crippen LogP contribution in [-0.2, 0) is 9.84 Å². The summed E-state index contributed by atoms with van der Waals surface area (Å²) in [6.45, 7) is 0.525. The summed E-state index contributed by atoms with van der Waals surface area (Å²) in [4.78, 5) is 0.773. The molecule has 0 saturated heterocycles. The molecule has 0 spiro atoms. The van der Waals surface area contributed by atoms with Crippen LogP contribution in [0, 0.1) is 5.41 Å². The minimum atomic E-state index is -3.20. The Bertz CT molecular complexity index is 592. The molecule has 0 bridgehead atoms. The highest BCUT2D eigenvalue weighted by Gasteiger charge is 2.43. The third-order valence-corrected chi connectivity index (χ3v) is 4.54. The third-order valence-electron chi connectivity index (χ3n) is 3.29. The number of thiocarbonyl (C=S) groups is 1. The van der Waals surface area contributed by atoms with Crippen molar-refractivity contribution in [1.82, 2.24) is 0 Å². The number of hydrogen-bond acceptors (Lipinski definition) is 4. The Morgan fingerprint density at radius 1 is 1.47 bits per heavy atom. The predicted octanol–water partition coefficient (Wildman–Crippen LogP) is 1.93. The molecule has 1 fully saturated rings. The van der Waals surface area contributed by atoms with E-state index in [4.69, 9.17) is 22.7 Å². The van der Waals surface area contributed by atoms with Gasteiger partial charge in [0.15, 0.2) is 9.84 Å². The summed E-state index contributed by atoms with van der Waals surface area (Å²) in [5.41, 5.74) is 5.63. The second-order valence-electron chi connectivity index (χ2n) is 5.18. The summed E-state index contributed by atoms with van der Waals surface area (Å²) in [6.07, 6.45) is 3.97. The first kappa shape index (κ1) is 14.3. The molecule has 1 aromatic rings. The second-order valence-corrected chi connectivity index (χ2v) is 7.72. The first-order chi connectivity index (χ1) is 8.81. The van der Waals surface area contributed by atoms with E-state index in [0.29, 0.717) is 23.8 Å². The van der Waals surface area contributed by atoms with Crippen LogP contribution in [0.3, 0.4) is 0 Å². The summed E-state index contributed by atoms with van der Waals surface area (Å²) in [5, 5.41) is 0. The quantitative estimate of drug-likeness (QED) is 0.813. The Kier molecular flexibility index (Phi) is 3.82. The molecule has 1 saturated carbocycles. The lowest BCUT2D eigenvalue weighted by atomic mass is 10.0. The molecule has 0 aliphatic heterocycles. The van der Waals surface area contributed by atoms with Gasteiger partial charge in [0.25, 0.3) is 0 Å². The van der Waals surface area contributed by atoms with Crippen molar-refractivity contribution in [3.63, 3.8) is 0 Å². The fraction of sp³-hybridized carbons (Fsp3) is 0.462. The molecule has 1 aliphatic carbocycles. The van der Waals surface area contributed by atoms with Crippen LogP contribution in [0.2, 0.25) is 0 Å². The van der Waals surface area contributed by atoms with E-state index in [9.17, 15) is 8.42 Å². The van der Waals surface area contributed by atoms with Crippen molar-refractivity contribution in [2.45, 2.75) is 24.2 Å². The zero-order valence-electron chi connectivity index (χ0n) is 10.8. The molecule has 1 aliphatic rings. The second kappa shape index (κ2) is 5.09. The van der Waals surface area contributed by atoms with Crippen molar-refractivity contribution >= 4 is 27.0 Å². The van der Waals surface area contributed by atoms with Crippen molar-refractivity contribution in [1.29, 1.82) is 0 Å². The molecule has 0 radical (unpaired) electrons. The van der Waals surface area contributed by atoms with Gasteiger partial charge in [0.1, 0.15) is 5.75 Å². The van der Waals surface area contributed by atoms with Crippen molar-refractivity contribution in [2.24, 2.45) is 11.1 Å². The summed E-state index contributed by atoms with van der Waals surface area (Å²) in [7, 11) is -3.20. The van der Waals surface area contributed by atoms with Crippen LogP contribution in [-0.4, -0.2) is 26.3 Å². The number of rotatable bonds is 6. The molecular weight excluding hydrogens is 282 g/mol. The molecule has 0 aromatic heterocycles. The molecular formula is C13H17NO3S2. The molecule has 4 nitrogen and oxygen atoms in total. The summed E-state index contributed by atoms with van der Waals surface area (Å²) < 4.78 is 28.6. The van der Waals surface area contributed by atoms with E-state index in [-0.39, 0.29) is 10.3 Å². The summed E-state index contributed by atoms with van der Waals surface area (Å²) in [5.74, 6) is 0.567. The van der Waals surface area contributed by atoms with Gasteiger partial charge in [-0.2, -0.15) is 0 Å². The fourth-order valence-electron chi connectivity index (χ4n) is 1.95. The molecule has 2 rings (SSSR count). The molecule has 1 aromatic carbocycles. The Morgan fingerprint density at radius 3 is 2.68 bits per heavy atom. The van der Waals surface area contributed by atoms with Crippen LogP contribution in [0.15, 0.2) is 29.2 Å². The van der Waals surface area contributed by atoms with Crippen LogP contribution < -0.4 is 10.5 Å². The van der Waals surface area contributed by atoms with Crippen molar-refractivity contribution < 1.29 is 13.2 Å². The van der Waals surface area contributed by atoms with E-state index >= 15 is 0 Å². The molecule has 0 atom stereocenters. The monoisotopic (exact) mass is 299 g/mol.